The van der Waals surface area contributed by atoms with E-state index in [2.05, 4.69) is 10.6 Å². The molecule has 0 aliphatic carbocycles. The monoisotopic (exact) mass is 332 g/mol. The Bertz CT molecular complexity index is 686. The summed E-state index contributed by atoms with van der Waals surface area (Å²) in [6, 6.07) is 13.6. The molecule has 0 heterocycles. The van der Waals surface area contributed by atoms with Crippen LogP contribution in [0.25, 0.3) is 0 Å². The Morgan fingerprint density at radius 3 is 2.48 bits per heavy atom. The van der Waals surface area contributed by atoms with Crippen LogP contribution in [0.3, 0.4) is 0 Å². The van der Waals surface area contributed by atoms with E-state index in [1.807, 2.05) is 6.92 Å². The van der Waals surface area contributed by atoms with Gasteiger partial charge in [0.25, 0.3) is 5.91 Å². The Hall–Kier alpha value is -2.53. The molecule has 6 heteroatoms. The van der Waals surface area contributed by atoms with Gasteiger partial charge in [-0.3, -0.25) is 9.59 Å². The molecule has 120 valence electrons. The Balaban J connectivity index is 1.91. The third-order valence-electron chi connectivity index (χ3n) is 2.97. The Morgan fingerprint density at radius 1 is 1.09 bits per heavy atom. The van der Waals surface area contributed by atoms with Gasteiger partial charge in [-0.05, 0) is 43.3 Å². The van der Waals surface area contributed by atoms with Gasteiger partial charge in [-0.1, -0.05) is 23.7 Å². The molecule has 0 saturated heterocycles. The molecular formula is C17H17ClN2O3. The number of hydrogen-bond acceptors (Lipinski definition) is 3. The normalized spacial score (nSPS) is 10.0. The first kappa shape index (κ1) is 16.8. The molecule has 23 heavy (non-hydrogen) atoms. The van der Waals surface area contributed by atoms with Gasteiger partial charge in [0.2, 0.25) is 5.91 Å². The van der Waals surface area contributed by atoms with Crippen molar-refractivity contribution in [2.24, 2.45) is 0 Å². The van der Waals surface area contributed by atoms with Crippen LogP contribution in [0.2, 0.25) is 5.02 Å². The van der Waals surface area contributed by atoms with Gasteiger partial charge in [0.05, 0.1) is 18.7 Å². The molecule has 0 aliphatic heterocycles. The van der Waals surface area contributed by atoms with Crippen LogP contribution >= 0.6 is 11.6 Å². The van der Waals surface area contributed by atoms with Crippen LogP contribution in [0.4, 0.5) is 5.69 Å². The van der Waals surface area contributed by atoms with E-state index >= 15 is 0 Å². The number of anilines is 1. The molecule has 0 aromatic heterocycles. The molecule has 2 aromatic rings. The molecule has 0 aliphatic rings. The SMILES string of the molecule is CCOc1ccccc1C(=O)NCC(=O)Nc1ccc(Cl)cc1. The highest BCUT2D eigenvalue weighted by Crippen LogP contribution is 2.17. The maximum absolute atomic E-state index is 12.2. The fourth-order valence-electron chi connectivity index (χ4n) is 1.93. The van der Waals surface area contributed by atoms with Gasteiger partial charge in [-0.15, -0.1) is 0 Å². The van der Waals surface area contributed by atoms with E-state index in [1.165, 1.54) is 0 Å². The molecule has 0 bridgehead atoms. The summed E-state index contributed by atoms with van der Waals surface area (Å²) in [6.45, 7) is 2.16. The van der Waals surface area contributed by atoms with Crippen LogP contribution in [-0.2, 0) is 4.79 Å². The van der Waals surface area contributed by atoms with E-state index in [9.17, 15) is 9.59 Å². The second-order valence-electron chi connectivity index (χ2n) is 4.67. The van der Waals surface area contributed by atoms with Gasteiger partial charge in [0, 0.05) is 10.7 Å². The van der Waals surface area contributed by atoms with Gasteiger partial charge >= 0.3 is 0 Å². The molecule has 2 N–H and O–H groups in total. The molecule has 2 rings (SSSR count). The molecule has 2 amide bonds. The van der Waals surface area contributed by atoms with E-state index in [4.69, 9.17) is 16.3 Å². The van der Waals surface area contributed by atoms with Gasteiger partial charge in [0.15, 0.2) is 0 Å². The Labute approximate surface area is 139 Å². The van der Waals surface area contributed by atoms with E-state index in [0.717, 1.165) is 0 Å². The van der Waals surface area contributed by atoms with Crippen molar-refractivity contribution in [3.63, 3.8) is 0 Å². The van der Waals surface area contributed by atoms with Gasteiger partial charge in [-0.25, -0.2) is 0 Å². The van der Waals surface area contributed by atoms with Gasteiger partial charge in [0.1, 0.15) is 5.75 Å². The standard InChI is InChI=1S/C17H17ClN2O3/c1-2-23-15-6-4-3-5-14(15)17(22)19-11-16(21)20-13-9-7-12(18)8-10-13/h3-10H,2,11H2,1H3,(H,19,22)(H,20,21). The first-order valence-electron chi connectivity index (χ1n) is 7.15. The van der Waals surface area contributed by atoms with Crippen LogP contribution in [0.5, 0.6) is 5.75 Å². The topological polar surface area (TPSA) is 67.4 Å². The lowest BCUT2D eigenvalue weighted by Gasteiger charge is -2.10. The quantitative estimate of drug-likeness (QED) is 0.854. The summed E-state index contributed by atoms with van der Waals surface area (Å²) in [7, 11) is 0. The average molecular weight is 333 g/mol. The van der Waals surface area contributed by atoms with Gasteiger partial charge in [-0.2, -0.15) is 0 Å². The van der Waals surface area contributed by atoms with E-state index in [0.29, 0.717) is 28.6 Å². The van der Waals surface area contributed by atoms with Crippen molar-refractivity contribution in [3.8, 4) is 5.75 Å². The number of benzene rings is 2. The first-order valence-corrected chi connectivity index (χ1v) is 7.53. The average Bonchev–Trinajstić information content (AvgIpc) is 2.56. The summed E-state index contributed by atoms with van der Waals surface area (Å²) in [5.74, 6) is -0.194. The van der Waals surface area contributed by atoms with Gasteiger partial charge < -0.3 is 15.4 Å². The van der Waals surface area contributed by atoms with Crippen molar-refractivity contribution >= 4 is 29.1 Å². The van der Waals surface area contributed by atoms with E-state index < -0.39 is 0 Å². The largest absolute Gasteiger partial charge is 0.493 e. The fourth-order valence-corrected chi connectivity index (χ4v) is 2.06. The summed E-state index contributed by atoms with van der Waals surface area (Å²) >= 11 is 5.78. The van der Waals surface area contributed by atoms with Crippen molar-refractivity contribution in [1.29, 1.82) is 0 Å². The van der Waals surface area contributed by atoms with Crippen molar-refractivity contribution in [2.45, 2.75) is 6.92 Å². The highest BCUT2D eigenvalue weighted by atomic mass is 35.5. The highest BCUT2D eigenvalue weighted by molar-refractivity contribution is 6.30. The Kier molecular flexibility index (Phi) is 6.00. The number of ether oxygens (including phenoxy) is 1. The maximum atomic E-state index is 12.2. The van der Waals surface area contributed by atoms with Crippen LogP contribution in [0.1, 0.15) is 17.3 Å². The van der Waals surface area contributed by atoms with E-state index in [1.54, 1.807) is 48.5 Å². The van der Waals surface area contributed by atoms with Crippen LogP contribution in [0.15, 0.2) is 48.5 Å². The maximum Gasteiger partial charge on any atom is 0.255 e. The molecule has 2 aromatic carbocycles. The third-order valence-corrected chi connectivity index (χ3v) is 3.22. The first-order chi connectivity index (χ1) is 11.1. The Morgan fingerprint density at radius 2 is 1.78 bits per heavy atom. The third kappa shape index (κ3) is 5.00. The molecule has 0 radical (unpaired) electrons. The number of rotatable bonds is 6. The second kappa shape index (κ2) is 8.19. The van der Waals surface area contributed by atoms with Crippen LogP contribution in [0, 0.1) is 0 Å². The zero-order valence-corrected chi connectivity index (χ0v) is 13.4. The smallest absolute Gasteiger partial charge is 0.255 e. The minimum absolute atomic E-state index is 0.137. The number of hydrogen-bond donors (Lipinski definition) is 2. The molecular weight excluding hydrogens is 316 g/mol. The summed E-state index contributed by atoms with van der Waals surface area (Å²) in [6.07, 6.45) is 0. The zero-order chi connectivity index (χ0) is 16.7. The minimum Gasteiger partial charge on any atom is -0.493 e. The molecule has 0 saturated carbocycles. The van der Waals surface area contributed by atoms with Crippen LogP contribution < -0.4 is 15.4 Å². The molecule has 0 fully saturated rings. The molecule has 5 nitrogen and oxygen atoms in total. The van der Waals surface area contributed by atoms with Crippen LogP contribution in [-0.4, -0.2) is 25.0 Å². The summed E-state index contributed by atoms with van der Waals surface area (Å²) in [5, 5.41) is 5.83. The summed E-state index contributed by atoms with van der Waals surface area (Å²) in [4.78, 5) is 24.0. The zero-order valence-electron chi connectivity index (χ0n) is 12.6. The van der Waals surface area contributed by atoms with E-state index in [-0.39, 0.29) is 18.4 Å². The number of para-hydroxylation sites is 1. The number of amides is 2. The number of nitrogens with one attached hydrogen (secondary N) is 2. The highest BCUT2D eigenvalue weighted by Gasteiger charge is 2.13. The number of halogens is 1. The van der Waals surface area contributed by atoms with Crippen molar-refractivity contribution in [3.05, 3.63) is 59.1 Å². The summed E-state index contributed by atoms with van der Waals surface area (Å²) in [5.41, 5.74) is 1.01. The van der Waals surface area contributed by atoms with Crippen molar-refractivity contribution < 1.29 is 14.3 Å². The lowest BCUT2D eigenvalue weighted by Crippen LogP contribution is -2.33. The molecule has 0 spiro atoms. The number of carbonyl (C=O) groups is 2. The van der Waals surface area contributed by atoms with Crippen molar-refractivity contribution in [1.82, 2.24) is 5.32 Å². The minimum atomic E-state index is -0.361. The van der Waals surface area contributed by atoms with Crippen molar-refractivity contribution in [2.75, 3.05) is 18.5 Å². The predicted octanol–water partition coefficient (Wildman–Crippen LogP) is 3.11. The molecule has 0 unspecified atom stereocenters. The lowest BCUT2D eigenvalue weighted by molar-refractivity contribution is -0.115. The summed E-state index contributed by atoms with van der Waals surface area (Å²) < 4.78 is 5.40. The lowest BCUT2D eigenvalue weighted by atomic mass is 10.2. The fraction of sp³-hybridized carbons (Fsp3) is 0.176. The predicted molar refractivity (Wildman–Crippen MR) is 90.0 cm³/mol. The number of carbonyl (C=O) groups excluding carboxylic acids is 2. The molecule has 0 atom stereocenters. The second-order valence-corrected chi connectivity index (χ2v) is 5.10.